The molecule has 0 atom stereocenters. The lowest BCUT2D eigenvalue weighted by molar-refractivity contribution is 0.121. The molecule has 1 saturated heterocycles. The number of ether oxygens (including phenoxy) is 2. The Bertz CT molecular complexity index is 1050. The van der Waals surface area contributed by atoms with Crippen LogP contribution in [-0.4, -0.2) is 33.4 Å². The van der Waals surface area contributed by atoms with Crippen molar-refractivity contribution in [3.63, 3.8) is 0 Å². The molecule has 0 spiro atoms. The van der Waals surface area contributed by atoms with E-state index in [4.69, 9.17) is 13.9 Å². The van der Waals surface area contributed by atoms with Crippen LogP contribution in [0.25, 0.3) is 21.4 Å². The molecule has 3 heterocycles. The Hall–Kier alpha value is -2.42. The Morgan fingerprint density at radius 2 is 2.14 bits per heavy atom. The summed E-state index contributed by atoms with van der Waals surface area (Å²) in [6.45, 7) is 6.39. The maximum Gasteiger partial charge on any atom is 0.204 e. The molecule has 0 saturated carbocycles. The minimum Gasteiger partial charge on any atom is -0.495 e. The minimum absolute atomic E-state index is 0.0203. The molecule has 0 bridgehead atoms. The molecule has 4 rings (SSSR count). The van der Waals surface area contributed by atoms with Gasteiger partial charge < -0.3 is 23.5 Å². The summed E-state index contributed by atoms with van der Waals surface area (Å²) in [5, 5.41) is 3.67. The van der Waals surface area contributed by atoms with Gasteiger partial charge in [0.05, 0.1) is 26.0 Å². The van der Waals surface area contributed by atoms with Gasteiger partial charge in [0.1, 0.15) is 10.4 Å². The van der Waals surface area contributed by atoms with E-state index in [-0.39, 0.29) is 5.43 Å². The van der Waals surface area contributed by atoms with E-state index in [1.165, 1.54) is 23.3 Å². The van der Waals surface area contributed by atoms with Crippen LogP contribution in [-0.2, 0) is 4.74 Å². The fraction of sp³-hybridized carbons (Fsp3) is 0.250. The van der Waals surface area contributed by atoms with Crippen molar-refractivity contribution >= 4 is 45.1 Å². The van der Waals surface area contributed by atoms with Crippen molar-refractivity contribution in [3.05, 3.63) is 51.9 Å². The lowest BCUT2D eigenvalue weighted by Gasteiger charge is -2.27. The first kappa shape index (κ1) is 18.9. The van der Waals surface area contributed by atoms with E-state index in [1.54, 1.807) is 18.6 Å². The predicted molar refractivity (Wildman–Crippen MR) is 117 cm³/mol. The molecule has 1 aliphatic heterocycles. The third-order valence-electron chi connectivity index (χ3n) is 4.52. The maximum absolute atomic E-state index is 12.6. The highest BCUT2D eigenvalue weighted by Crippen LogP contribution is 2.38. The number of morpholine rings is 1. The smallest absolute Gasteiger partial charge is 0.204 e. The van der Waals surface area contributed by atoms with E-state index in [9.17, 15) is 4.79 Å². The maximum atomic E-state index is 12.6. The first-order valence-electron chi connectivity index (χ1n) is 8.80. The van der Waals surface area contributed by atoms with E-state index in [1.807, 2.05) is 28.5 Å². The molecular formula is C20H20N2O4S2. The molecule has 1 fully saturated rings. The zero-order valence-corrected chi connectivity index (χ0v) is 17.0. The van der Waals surface area contributed by atoms with Gasteiger partial charge in [-0.25, -0.2) is 0 Å². The van der Waals surface area contributed by atoms with Crippen LogP contribution in [0.5, 0.6) is 5.75 Å². The SMILES string of the molecule is C=CSNc1cc(-c2csc3c(=O)cc(N4CCOCC4)oc23)ccc1OC. The summed E-state index contributed by atoms with van der Waals surface area (Å²) in [5.41, 5.74) is 3.26. The zero-order chi connectivity index (χ0) is 19.5. The Balaban J connectivity index is 1.79. The molecular weight excluding hydrogens is 396 g/mol. The number of anilines is 2. The van der Waals surface area contributed by atoms with Crippen molar-refractivity contribution in [3.8, 4) is 16.9 Å². The molecule has 1 N–H and O–H groups in total. The lowest BCUT2D eigenvalue weighted by Crippen LogP contribution is -2.36. The Morgan fingerprint density at radius 1 is 1.32 bits per heavy atom. The van der Waals surface area contributed by atoms with Gasteiger partial charge in [0, 0.05) is 30.1 Å². The molecule has 0 amide bonds. The number of benzene rings is 1. The van der Waals surface area contributed by atoms with Crippen LogP contribution in [0.3, 0.4) is 0 Å². The third-order valence-corrected chi connectivity index (χ3v) is 6.00. The highest BCUT2D eigenvalue weighted by Gasteiger charge is 2.19. The molecule has 0 radical (unpaired) electrons. The van der Waals surface area contributed by atoms with E-state index < -0.39 is 0 Å². The highest BCUT2D eigenvalue weighted by atomic mass is 32.2. The van der Waals surface area contributed by atoms with Gasteiger partial charge in [0.2, 0.25) is 5.43 Å². The number of hydrogen-bond acceptors (Lipinski definition) is 8. The van der Waals surface area contributed by atoms with E-state index >= 15 is 0 Å². The molecule has 8 heteroatoms. The number of nitrogens with one attached hydrogen (secondary N) is 1. The summed E-state index contributed by atoms with van der Waals surface area (Å²) in [6, 6.07) is 7.42. The monoisotopic (exact) mass is 416 g/mol. The molecule has 146 valence electrons. The van der Waals surface area contributed by atoms with Gasteiger partial charge in [-0.3, -0.25) is 4.79 Å². The van der Waals surface area contributed by atoms with Gasteiger partial charge in [-0.15, -0.1) is 11.3 Å². The Kier molecular flexibility index (Phi) is 5.61. The number of fused-ring (bicyclic) bond motifs is 1. The second-order valence-electron chi connectivity index (χ2n) is 6.16. The quantitative estimate of drug-likeness (QED) is 0.591. The van der Waals surface area contributed by atoms with Crippen LogP contribution in [0.1, 0.15) is 0 Å². The van der Waals surface area contributed by atoms with Crippen molar-refractivity contribution in [2.75, 3.05) is 43.0 Å². The summed E-state index contributed by atoms with van der Waals surface area (Å²) in [7, 11) is 1.63. The molecule has 28 heavy (non-hydrogen) atoms. The Labute approximate surface area is 170 Å². The minimum atomic E-state index is -0.0203. The van der Waals surface area contributed by atoms with Crippen LogP contribution >= 0.6 is 23.3 Å². The number of methoxy groups -OCH3 is 1. The normalized spacial score (nSPS) is 14.2. The van der Waals surface area contributed by atoms with Crippen molar-refractivity contribution in [1.29, 1.82) is 0 Å². The summed E-state index contributed by atoms with van der Waals surface area (Å²) in [6.07, 6.45) is 0. The molecule has 0 aliphatic carbocycles. The zero-order valence-electron chi connectivity index (χ0n) is 15.4. The molecule has 3 aromatic rings. The fourth-order valence-corrected chi connectivity index (χ4v) is 4.41. The number of rotatable bonds is 6. The number of thiophene rings is 1. The topological polar surface area (TPSA) is 63.9 Å². The fourth-order valence-electron chi connectivity index (χ4n) is 3.13. The standard InChI is InChI=1S/C20H20N2O4S2/c1-3-28-21-15-10-13(4-5-17(15)24-2)14-12-27-20-16(23)11-18(26-19(14)20)22-6-8-25-9-7-22/h3-5,10-12,21H,1,6-9H2,2H3. The molecule has 1 aromatic carbocycles. The van der Waals surface area contributed by atoms with E-state index in [0.29, 0.717) is 42.5 Å². The highest BCUT2D eigenvalue weighted by molar-refractivity contribution is 8.03. The van der Waals surface area contributed by atoms with Gasteiger partial charge in [-0.1, -0.05) is 12.6 Å². The number of hydrogen-bond donors (Lipinski definition) is 1. The molecule has 2 aromatic heterocycles. The average molecular weight is 417 g/mol. The van der Waals surface area contributed by atoms with Gasteiger partial charge >= 0.3 is 0 Å². The van der Waals surface area contributed by atoms with Crippen LogP contribution in [0.4, 0.5) is 11.6 Å². The molecule has 0 unspecified atom stereocenters. The Morgan fingerprint density at radius 3 is 2.89 bits per heavy atom. The lowest BCUT2D eigenvalue weighted by atomic mass is 10.1. The summed E-state index contributed by atoms with van der Waals surface area (Å²) in [4.78, 5) is 14.7. The van der Waals surface area contributed by atoms with Gasteiger partial charge in [-0.05, 0) is 35.1 Å². The van der Waals surface area contributed by atoms with Crippen molar-refractivity contribution in [1.82, 2.24) is 0 Å². The van der Waals surface area contributed by atoms with Crippen molar-refractivity contribution in [2.24, 2.45) is 0 Å². The second-order valence-corrected chi connectivity index (χ2v) is 7.81. The third kappa shape index (κ3) is 3.63. The number of nitrogens with zero attached hydrogens (tertiary/aromatic N) is 1. The summed E-state index contributed by atoms with van der Waals surface area (Å²) in [5.74, 6) is 1.32. The van der Waals surface area contributed by atoms with Crippen LogP contribution in [0, 0.1) is 0 Å². The summed E-state index contributed by atoms with van der Waals surface area (Å²) >= 11 is 2.77. The van der Waals surface area contributed by atoms with E-state index in [0.717, 1.165) is 22.6 Å². The predicted octanol–water partition coefficient (Wildman–Crippen LogP) is 4.57. The average Bonchev–Trinajstić information content (AvgIpc) is 3.17. The molecule has 1 aliphatic rings. The van der Waals surface area contributed by atoms with Crippen LogP contribution in [0.2, 0.25) is 0 Å². The van der Waals surface area contributed by atoms with Crippen molar-refractivity contribution in [2.45, 2.75) is 0 Å². The van der Waals surface area contributed by atoms with Crippen molar-refractivity contribution < 1.29 is 13.9 Å². The second kappa shape index (κ2) is 8.30. The molecule has 6 nitrogen and oxygen atoms in total. The van der Waals surface area contributed by atoms with Gasteiger partial charge in [-0.2, -0.15) is 0 Å². The first-order chi connectivity index (χ1) is 13.7. The first-order valence-corrected chi connectivity index (χ1v) is 10.6. The van der Waals surface area contributed by atoms with Gasteiger partial charge in [0.25, 0.3) is 0 Å². The van der Waals surface area contributed by atoms with Crippen LogP contribution < -0.4 is 19.8 Å². The van der Waals surface area contributed by atoms with Crippen LogP contribution in [0.15, 0.2) is 50.8 Å². The van der Waals surface area contributed by atoms with E-state index in [2.05, 4.69) is 11.3 Å². The summed E-state index contributed by atoms with van der Waals surface area (Å²) < 4.78 is 20.8. The van der Waals surface area contributed by atoms with Gasteiger partial charge in [0.15, 0.2) is 11.5 Å². The largest absolute Gasteiger partial charge is 0.495 e.